The lowest BCUT2D eigenvalue weighted by Crippen LogP contribution is -2.48. The zero-order chi connectivity index (χ0) is 14.5. The number of Topliss-reactive ketones (excluding diaryl/α,β-unsaturated/α-hetero) is 1. The highest BCUT2D eigenvalue weighted by Gasteiger charge is 2.17. The fourth-order valence-electron chi connectivity index (χ4n) is 2.13. The first-order chi connectivity index (χ1) is 9.56. The number of ketones is 1. The fourth-order valence-corrected chi connectivity index (χ4v) is 2.13. The largest absolute Gasteiger partial charge is 0.356 e. The minimum absolute atomic E-state index is 0.0333. The molecule has 0 aromatic heterocycles. The lowest BCUT2D eigenvalue weighted by atomic mass is 10.0. The van der Waals surface area contributed by atoms with Crippen molar-refractivity contribution < 1.29 is 9.59 Å². The molecule has 0 radical (unpaired) electrons. The molecule has 2 rings (SSSR count). The SMILES string of the molecule is Cc1ccc(C(=O)CCC(=O)NCC2CNC2)cc1C. The highest BCUT2D eigenvalue weighted by Crippen LogP contribution is 2.12. The van der Waals surface area contributed by atoms with Gasteiger partial charge in [-0.3, -0.25) is 9.59 Å². The van der Waals surface area contributed by atoms with Gasteiger partial charge in [-0.15, -0.1) is 0 Å². The second-order valence-corrected chi connectivity index (χ2v) is 5.55. The molecule has 0 saturated carbocycles. The van der Waals surface area contributed by atoms with Gasteiger partial charge in [-0.2, -0.15) is 0 Å². The average molecular weight is 274 g/mol. The van der Waals surface area contributed by atoms with Crippen LogP contribution in [0, 0.1) is 19.8 Å². The third-order valence-electron chi connectivity index (χ3n) is 3.86. The number of carbonyl (C=O) groups excluding carboxylic acids is 2. The van der Waals surface area contributed by atoms with Crippen molar-refractivity contribution in [2.75, 3.05) is 19.6 Å². The highest BCUT2D eigenvalue weighted by molar-refractivity contribution is 5.98. The Balaban J connectivity index is 1.75. The first-order valence-electron chi connectivity index (χ1n) is 7.14. The summed E-state index contributed by atoms with van der Waals surface area (Å²) in [5.41, 5.74) is 2.98. The van der Waals surface area contributed by atoms with Gasteiger partial charge < -0.3 is 10.6 Å². The van der Waals surface area contributed by atoms with E-state index in [1.807, 2.05) is 32.0 Å². The van der Waals surface area contributed by atoms with Gasteiger partial charge in [-0.25, -0.2) is 0 Å². The van der Waals surface area contributed by atoms with Crippen LogP contribution < -0.4 is 10.6 Å². The van der Waals surface area contributed by atoms with Crippen molar-refractivity contribution in [1.82, 2.24) is 10.6 Å². The van der Waals surface area contributed by atoms with E-state index in [2.05, 4.69) is 10.6 Å². The van der Waals surface area contributed by atoms with E-state index in [1.165, 1.54) is 5.56 Å². The van der Waals surface area contributed by atoms with Crippen LogP contribution in [0.25, 0.3) is 0 Å². The summed E-state index contributed by atoms with van der Waals surface area (Å²) in [6.45, 7) is 6.67. The number of benzene rings is 1. The van der Waals surface area contributed by atoms with Gasteiger partial charge in [0, 0.05) is 44.0 Å². The van der Waals surface area contributed by atoms with Gasteiger partial charge in [0.25, 0.3) is 0 Å². The zero-order valence-electron chi connectivity index (χ0n) is 12.2. The molecule has 0 bridgehead atoms. The Kier molecular flexibility index (Phi) is 4.90. The summed E-state index contributed by atoms with van der Waals surface area (Å²) in [4.78, 5) is 23.7. The lowest BCUT2D eigenvalue weighted by Gasteiger charge is -2.27. The minimum Gasteiger partial charge on any atom is -0.356 e. The number of hydrogen-bond acceptors (Lipinski definition) is 3. The van der Waals surface area contributed by atoms with Gasteiger partial charge in [0.05, 0.1) is 0 Å². The second-order valence-electron chi connectivity index (χ2n) is 5.55. The van der Waals surface area contributed by atoms with E-state index in [9.17, 15) is 9.59 Å². The predicted octanol–water partition coefficient (Wildman–Crippen LogP) is 1.60. The third kappa shape index (κ3) is 3.90. The Morgan fingerprint density at radius 1 is 1.20 bits per heavy atom. The Labute approximate surface area is 119 Å². The van der Waals surface area contributed by atoms with E-state index in [0.29, 0.717) is 18.0 Å². The molecule has 1 aliphatic rings. The molecule has 20 heavy (non-hydrogen) atoms. The van der Waals surface area contributed by atoms with Crippen molar-refractivity contribution >= 4 is 11.7 Å². The normalized spacial score (nSPS) is 14.7. The van der Waals surface area contributed by atoms with Gasteiger partial charge in [0.2, 0.25) is 5.91 Å². The number of nitrogens with one attached hydrogen (secondary N) is 2. The smallest absolute Gasteiger partial charge is 0.220 e. The van der Waals surface area contributed by atoms with E-state index in [0.717, 1.165) is 18.7 Å². The molecular weight excluding hydrogens is 252 g/mol. The van der Waals surface area contributed by atoms with Gasteiger partial charge in [-0.1, -0.05) is 12.1 Å². The van der Waals surface area contributed by atoms with Crippen LogP contribution in [0.4, 0.5) is 0 Å². The Bertz CT molecular complexity index is 507. The van der Waals surface area contributed by atoms with Gasteiger partial charge >= 0.3 is 0 Å². The first-order valence-corrected chi connectivity index (χ1v) is 7.14. The van der Waals surface area contributed by atoms with Gasteiger partial charge in [-0.05, 0) is 31.0 Å². The van der Waals surface area contributed by atoms with Crippen molar-refractivity contribution in [3.63, 3.8) is 0 Å². The molecule has 0 spiro atoms. The van der Waals surface area contributed by atoms with Crippen LogP contribution >= 0.6 is 0 Å². The quantitative estimate of drug-likeness (QED) is 0.775. The molecule has 0 unspecified atom stereocenters. The number of carbonyl (C=O) groups is 2. The van der Waals surface area contributed by atoms with Crippen LogP contribution in [0.15, 0.2) is 18.2 Å². The summed E-state index contributed by atoms with van der Waals surface area (Å²) in [6.07, 6.45) is 0.545. The average Bonchev–Trinajstić information content (AvgIpc) is 2.37. The maximum absolute atomic E-state index is 12.0. The third-order valence-corrected chi connectivity index (χ3v) is 3.86. The molecule has 1 fully saturated rings. The number of hydrogen-bond donors (Lipinski definition) is 2. The Morgan fingerprint density at radius 2 is 1.95 bits per heavy atom. The number of aryl methyl sites for hydroxylation is 2. The molecule has 1 amide bonds. The summed E-state index contributed by atoms with van der Waals surface area (Å²) in [7, 11) is 0. The lowest BCUT2D eigenvalue weighted by molar-refractivity contribution is -0.121. The fraction of sp³-hybridized carbons (Fsp3) is 0.500. The van der Waals surface area contributed by atoms with Crippen LogP contribution in [0.3, 0.4) is 0 Å². The Hall–Kier alpha value is -1.68. The standard InChI is InChI=1S/C16H22N2O2/c1-11-3-4-14(7-12(11)2)15(19)5-6-16(20)18-10-13-8-17-9-13/h3-4,7,13,17H,5-6,8-10H2,1-2H3,(H,18,20). The van der Waals surface area contributed by atoms with Crippen LogP contribution in [0.1, 0.15) is 34.3 Å². The van der Waals surface area contributed by atoms with Crippen LogP contribution in [0.2, 0.25) is 0 Å². The maximum atomic E-state index is 12.0. The molecule has 4 heteroatoms. The maximum Gasteiger partial charge on any atom is 0.220 e. The topological polar surface area (TPSA) is 58.2 Å². The van der Waals surface area contributed by atoms with E-state index in [-0.39, 0.29) is 24.5 Å². The van der Waals surface area contributed by atoms with Crippen LogP contribution in [0.5, 0.6) is 0 Å². The monoisotopic (exact) mass is 274 g/mol. The zero-order valence-corrected chi connectivity index (χ0v) is 12.2. The summed E-state index contributed by atoms with van der Waals surface area (Å²) in [6, 6.07) is 5.68. The Morgan fingerprint density at radius 3 is 2.55 bits per heavy atom. The molecule has 2 N–H and O–H groups in total. The van der Waals surface area contributed by atoms with E-state index >= 15 is 0 Å². The van der Waals surface area contributed by atoms with Gasteiger partial charge in [0.1, 0.15) is 0 Å². The van der Waals surface area contributed by atoms with Crippen molar-refractivity contribution in [3.05, 3.63) is 34.9 Å². The molecule has 1 aromatic carbocycles. The van der Waals surface area contributed by atoms with Crippen molar-refractivity contribution in [2.24, 2.45) is 5.92 Å². The highest BCUT2D eigenvalue weighted by atomic mass is 16.2. The van der Waals surface area contributed by atoms with E-state index < -0.39 is 0 Å². The summed E-state index contributed by atoms with van der Waals surface area (Å²) < 4.78 is 0. The van der Waals surface area contributed by atoms with E-state index in [4.69, 9.17) is 0 Å². The molecule has 0 atom stereocenters. The molecule has 108 valence electrons. The first kappa shape index (κ1) is 14.7. The molecule has 4 nitrogen and oxygen atoms in total. The van der Waals surface area contributed by atoms with Crippen molar-refractivity contribution in [1.29, 1.82) is 0 Å². The molecule has 1 aliphatic heterocycles. The number of amides is 1. The molecular formula is C16H22N2O2. The summed E-state index contributed by atoms with van der Waals surface area (Å²) in [5.74, 6) is 0.553. The molecule has 1 saturated heterocycles. The van der Waals surface area contributed by atoms with Crippen molar-refractivity contribution in [2.45, 2.75) is 26.7 Å². The van der Waals surface area contributed by atoms with Gasteiger partial charge in [0.15, 0.2) is 5.78 Å². The minimum atomic E-state index is -0.0333. The summed E-state index contributed by atoms with van der Waals surface area (Å²) >= 11 is 0. The second kappa shape index (κ2) is 6.66. The van der Waals surface area contributed by atoms with Crippen LogP contribution in [-0.4, -0.2) is 31.3 Å². The van der Waals surface area contributed by atoms with E-state index in [1.54, 1.807) is 0 Å². The molecule has 0 aliphatic carbocycles. The molecule has 1 heterocycles. The van der Waals surface area contributed by atoms with Crippen molar-refractivity contribution in [3.8, 4) is 0 Å². The number of rotatable bonds is 6. The summed E-state index contributed by atoms with van der Waals surface area (Å²) in [5, 5.41) is 6.04. The predicted molar refractivity (Wildman–Crippen MR) is 78.8 cm³/mol. The molecule has 1 aromatic rings. The van der Waals surface area contributed by atoms with Crippen LogP contribution in [-0.2, 0) is 4.79 Å².